The van der Waals surface area contributed by atoms with Crippen LogP contribution in [0.4, 0.5) is 0 Å². The van der Waals surface area contributed by atoms with Gasteiger partial charge in [0.1, 0.15) is 0 Å². The summed E-state index contributed by atoms with van der Waals surface area (Å²) < 4.78 is 5.88. The lowest BCUT2D eigenvalue weighted by molar-refractivity contribution is -0.158. The summed E-state index contributed by atoms with van der Waals surface area (Å²) in [5, 5.41) is 3.81. The van der Waals surface area contributed by atoms with Crippen molar-refractivity contribution in [3.05, 3.63) is 0 Å². The highest BCUT2D eigenvalue weighted by Crippen LogP contribution is 2.56. The van der Waals surface area contributed by atoms with Crippen LogP contribution in [0.25, 0.3) is 0 Å². The molecule has 0 amide bonds. The highest BCUT2D eigenvalue weighted by atomic mass is 16.5. The molecule has 4 aliphatic rings. The van der Waals surface area contributed by atoms with E-state index in [1.54, 1.807) is 0 Å². The Morgan fingerprint density at radius 1 is 1.12 bits per heavy atom. The normalized spacial score (nSPS) is 50.2. The molecule has 4 fully saturated rings. The van der Waals surface area contributed by atoms with Gasteiger partial charge in [0.05, 0.1) is 5.60 Å². The van der Waals surface area contributed by atoms with E-state index in [1.807, 2.05) is 7.11 Å². The molecule has 0 aromatic heterocycles. The Hall–Kier alpha value is -0.0800. The van der Waals surface area contributed by atoms with Gasteiger partial charge in [0.25, 0.3) is 0 Å². The fraction of sp³-hybridized carbons (Fsp3) is 1.00. The smallest absolute Gasteiger partial charge is 0.0687 e. The maximum atomic E-state index is 5.88. The highest BCUT2D eigenvalue weighted by Gasteiger charge is 2.55. The predicted octanol–water partition coefficient (Wildman–Crippen LogP) is 2.58. The van der Waals surface area contributed by atoms with Crippen LogP contribution < -0.4 is 5.32 Å². The summed E-state index contributed by atoms with van der Waals surface area (Å²) in [6, 6.07) is 1.40. The Labute approximate surface area is 99.1 Å². The lowest BCUT2D eigenvalue weighted by atomic mass is 9.52. The summed E-state index contributed by atoms with van der Waals surface area (Å²) in [4.78, 5) is 0. The van der Waals surface area contributed by atoms with Crippen molar-refractivity contribution < 1.29 is 4.74 Å². The van der Waals surface area contributed by atoms with Crippen molar-refractivity contribution in [2.45, 2.75) is 63.6 Å². The molecule has 4 aliphatic carbocycles. The first-order valence-corrected chi connectivity index (χ1v) is 6.93. The molecule has 2 nitrogen and oxygen atoms in total. The molecule has 0 aromatic rings. The number of methoxy groups -OCH3 is 1. The number of nitrogens with one attached hydrogen (secondary N) is 1. The van der Waals surface area contributed by atoms with E-state index in [2.05, 4.69) is 19.2 Å². The van der Waals surface area contributed by atoms with Gasteiger partial charge < -0.3 is 10.1 Å². The van der Waals surface area contributed by atoms with Gasteiger partial charge in [-0.05, 0) is 49.9 Å². The zero-order valence-electron chi connectivity index (χ0n) is 10.8. The lowest BCUT2D eigenvalue weighted by Gasteiger charge is -2.59. The molecule has 4 rings (SSSR count). The summed E-state index contributed by atoms with van der Waals surface area (Å²) in [7, 11) is 1.93. The van der Waals surface area contributed by atoms with Crippen LogP contribution in [0.2, 0.25) is 0 Å². The quantitative estimate of drug-likeness (QED) is 0.794. The van der Waals surface area contributed by atoms with Crippen LogP contribution in [0.1, 0.15) is 46.0 Å². The van der Waals surface area contributed by atoms with Gasteiger partial charge in [0, 0.05) is 19.2 Å². The van der Waals surface area contributed by atoms with Gasteiger partial charge in [-0.15, -0.1) is 0 Å². The third-order valence-electron chi connectivity index (χ3n) is 5.18. The maximum Gasteiger partial charge on any atom is 0.0687 e. The standard InChI is InChI=1S/C14H25NO/c1-9(2)15-13-11-4-10-5-12(13)8-14(6-10,7-11)16-3/h9-13,15H,4-8H2,1-3H3/t10?,11-,12+,13?,14-. The zero-order chi connectivity index (χ0) is 11.3. The first-order valence-electron chi connectivity index (χ1n) is 6.93. The van der Waals surface area contributed by atoms with Crippen LogP contribution in [0.3, 0.4) is 0 Å². The molecule has 4 saturated carbocycles. The van der Waals surface area contributed by atoms with Crippen LogP contribution in [-0.4, -0.2) is 24.8 Å². The fourth-order valence-corrected chi connectivity index (χ4v) is 4.86. The Kier molecular flexibility index (Phi) is 2.56. The van der Waals surface area contributed by atoms with E-state index in [1.165, 1.54) is 32.1 Å². The third kappa shape index (κ3) is 1.62. The molecule has 5 atom stereocenters. The summed E-state index contributed by atoms with van der Waals surface area (Å²) in [6.07, 6.45) is 6.85. The number of hydrogen-bond acceptors (Lipinski definition) is 2. The molecule has 16 heavy (non-hydrogen) atoms. The van der Waals surface area contributed by atoms with E-state index in [4.69, 9.17) is 4.74 Å². The average molecular weight is 223 g/mol. The molecule has 0 spiro atoms. The van der Waals surface area contributed by atoms with Gasteiger partial charge in [0.2, 0.25) is 0 Å². The molecular formula is C14H25NO. The minimum atomic E-state index is 0.270. The monoisotopic (exact) mass is 223 g/mol. The molecule has 4 bridgehead atoms. The number of ether oxygens (including phenoxy) is 1. The highest BCUT2D eigenvalue weighted by molar-refractivity contribution is 5.08. The molecule has 0 aromatic carbocycles. The van der Waals surface area contributed by atoms with Crippen molar-refractivity contribution in [3.63, 3.8) is 0 Å². The second-order valence-corrected chi connectivity index (χ2v) is 6.70. The van der Waals surface area contributed by atoms with Crippen LogP contribution in [0.15, 0.2) is 0 Å². The van der Waals surface area contributed by atoms with E-state index in [0.29, 0.717) is 6.04 Å². The Morgan fingerprint density at radius 3 is 2.25 bits per heavy atom. The van der Waals surface area contributed by atoms with E-state index in [0.717, 1.165) is 23.8 Å². The number of rotatable bonds is 3. The van der Waals surface area contributed by atoms with Gasteiger partial charge >= 0.3 is 0 Å². The molecule has 0 radical (unpaired) electrons. The van der Waals surface area contributed by atoms with E-state index in [9.17, 15) is 0 Å². The summed E-state index contributed by atoms with van der Waals surface area (Å²) in [6.45, 7) is 4.55. The summed E-state index contributed by atoms with van der Waals surface area (Å²) >= 11 is 0. The Morgan fingerprint density at radius 2 is 1.75 bits per heavy atom. The van der Waals surface area contributed by atoms with Crippen molar-refractivity contribution >= 4 is 0 Å². The summed E-state index contributed by atoms with van der Waals surface area (Å²) in [5.74, 6) is 2.73. The summed E-state index contributed by atoms with van der Waals surface area (Å²) in [5.41, 5.74) is 0.270. The maximum absolute atomic E-state index is 5.88. The van der Waals surface area contributed by atoms with Crippen LogP contribution >= 0.6 is 0 Å². The predicted molar refractivity (Wildman–Crippen MR) is 65.4 cm³/mol. The van der Waals surface area contributed by atoms with E-state index < -0.39 is 0 Å². The first kappa shape index (κ1) is 11.0. The molecule has 2 heteroatoms. The van der Waals surface area contributed by atoms with Crippen molar-refractivity contribution in [1.29, 1.82) is 0 Å². The van der Waals surface area contributed by atoms with Crippen LogP contribution in [0, 0.1) is 17.8 Å². The second-order valence-electron chi connectivity index (χ2n) is 6.70. The zero-order valence-corrected chi connectivity index (χ0v) is 10.8. The fourth-order valence-electron chi connectivity index (χ4n) is 4.86. The van der Waals surface area contributed by atoms with Crippen LogP contribution in [-0.2, 0) is 4.74 Å². The molecule has 0 heterocycles. The van der Waals surface area contributed by atoms with Crippen molar-refractivity contribution in [1.82, 2.24) is 5.32 Å². The molecular weight excluding hydrogens is 198 g/mol. The van der Waals surface area contributed by atoms with E-state index in [-0.39, 0.29) is 5.60 Å². The molecule has 92 valence electrons. The molecule has 0 saturated heterocycles. The topological polar surface area (TPSA) is 21.3 Å². The second kappa shape index (κ2) is 3.71. The van der Waals surface area contributed by atoms with Crippen molar-refractivity contribution in [2.24, 2.45) is 17.8 Å². The van der Waals surface area contributed by atoms with Gasteiger partial charge in [-0.3, -0.25) is 0 Å². The minimum absolute atomic E-state index is 0.270. The minimum Gasteiger partial charge on any atom is -0.378 e. The van der Waals surface area contributed by atoms with Crippen LogP contribution in [0.5, 0.6) is 0 Å². The molecule has 2 unspecified atom stereocenters. The Bertz CT molecular complexity index is 260. The van der Waals surface area contributed by atoms with Crippen molar-refractivity contribution in [3.8, 4) is 0 Å². The molecule has 0 aliphatic heterocycles. The van der Waals surface area contributed by atoms with Gasteiger partial charge in [-0.25, -0.2) is 0 Å². The van der Waals surface area contributed by atoms with Crippen molar-refractivity contribution in [2.75, 3.05) is 7.11 Å². The Balaban J connectivity index is 1.79. The van der Waals surface area contributed by atoms with Gasteiger partial charge in [-0.1, -0.05) is 13.8 Å². The van der Waals surface area contributed by atoms with Gasteiger partial charge in [-0.2, -0.15) is 0 Å². The first-order chi connectivity index (χ1) is 7.62. The van der Waals surface area contributed by atoms with Gasteiger partial charge in [0.15, 0.2) is 0 Å². The largest absolute Gasteiger partial charge is 0.378 e. The number of hydrogen-bond donors (Lipinski definition) is 1. The SMILES string of the molecule is CO[C@]12CC3C[C@H](C1)C(NC(C)C)[C@@H](C3)C2. The van der Waals surface area contributed by atoms with E-state index >= 15 is 0 Å². The lowest BCUT2D eigenvalue weighted by Crippen LogP contribution is -2.62. The average Bonchev–Trinajstić information content (AvgIpc) is 2.22. The molecule has 1 N–H and O–H groups in total. The third-order valence-corrected chi connectivity index (χ3v) is 5.18.